The average Bonchev–Trinajstić information content (AvgIpc) is 2.45. The summed E-state index contributed by atoms with van der Waals surface area (Å²) in [4.78, 5) is 0. The van der Waals surface area contributed by atoms with Crippen molar-refractivity contribution in [2.24, 2.45) is 0 Å². The summed E-state index contributed by atoms with van der Waals surface area (Å²) in [6.07, 6.45) is 0. The molecule has 0 unspecified atom stereocenters. The van der Waals surface area contributed by atoms with Gasteiger partial charge in [0, 0.05) is 0 Å². The molecular formula is C14H24Cl2Si2. The van der Waals surface area contributed by atoms with Gasteiger partial charge in [-0.2, -0.15) is 22.2 Å². The molecule has 0 heterocycles. The summed E-state index contributed by atoms with van der Waals surface area (Å²) in [5.74, 6) is 0. The van der Waals surface area contributed by atoms with E-state index in [1.54, 1.807) is 0 Å². The fraction of sp³-hybridized carbons (Fsp3) is 0.571. The molecule has 0 atom stereocenters. The average molecular weight is 319 g/mol. The molecule has 0 fully saturated rings. The molecule has 1 rings (SSSR count). The van der Waals surface area contributed by atoms with Crippen LogP contribution < -0.4 is 10.4 Å². The van der Waals surface area contributed by atoms with Crippen LogP contribution in [-0.2, 0) is 0 Å². The van der Waals surface area contributed by atoms with E-state index in [1.165, 1.54) is 10.4 Å². The van der Waals surface area contributed by atoms with Crippen LogP contribution in [0.4, 0.5) is 0 Å². The standard InChI is InChI=1S/C14H24Cl2Si2/c1-5-17(15,6-2)13-10-9-11-14(12-13)18(16,7-3)8-4/h9-12H,5-8H2,1-4H3. The molecule has 0 spiro atoms. The van der Waals surface area contributed by atoms with Gasteiger partial charge in [-0.15, -0.1) is 0 Å². The van der Waals surface area contributed by atoms with Gasteiger partial charge in [0.05, 0.1) is 0 Å². The van der Waals surface area contributed by atoms with Gasteiger partial charge in [0.2, 0.25) is 0 Å². The van der Waals surface area contributed by atoms with E-state index in [4.69, 9.17) is 22.2 Å². The Morgan fingerprint density at radius 1 is 0.778 bits per heavy atom. The second-order valence-corrected chi connectivity index (χ2v) is 17.1. The fourth-order valence-corrected chi connectivity index (χ4v) is 7.49. The van der Waals surface area contributed by atoms with E-state index < -0.39 is 14.8 Å². The second kappa shape index (κ2) is 6.60. The predicted octanol–water partition coefficient (Wildman–Crippen LogP) is 4.55. The molecule has 0 N–H and O–H groups in total. The lowest BCUT2D eigenvalue weighted by Gasteiger charge is -2.26. The Kier molecular flexibility index (Phi) is 5.97. The smallest absolute Gasteiger partial charge is 0.161 e. The van der Waals surface area contributed by atoms with E-state index in [9.17, 15) is 0 Å². The minimum absolute atomic E-state index is 1.09. The summed E-state index contributed by atoms with van der Waals surface area (Å²) in [5, 5.41) is 2.73. The molecule has 0 saturated carbocycles. The SMILES string of the molecule is CC[Si](Cl)(CC)c1cccc([Si](Cl)(CC)CC)c1. The minimum Gasteiger partial charge on any atom is -0.161 e. The summed E-state index contributed by atoms with van der Waals surface area (Å²) in [6, 6.07) is 13.2. The maximum Gasteiger partial charge on any atom is 0.186 e. The van der Waals surface area contributed by atoms with Gasteiger partial charge in [0.25, 0.3) is 0 Å². The van der Waals surface area contributed by atoms with Crippen molar-refractivity contribution in [2.45, 2.75) is 51.9 Å². The first-order valence-corrected chi connectivity index (χ1v) is 13.8. The first-order valence-electron chi connectivity index (χ1n) is 6.94. The highest BCUT2D eigenvalue weighted by atomic mass is 35.6. The van der Waals surface area contributed by atoms with Crippen molar-refractivity contribution in [2.75, 3.05) is 0 Å². The normalized spacial score (nSPS) is 12.8. The van der Waals surface area contributed by atoms with Crippen molar-refractivity contribution in [1.82, 2.24) is 0 Å². The van der Waals surface area contributed by atoms with E-state index in [0.29, 0.717) is 0 Å². The van der Waals surface area contributed by atoms with Crippen molar-refractivity contribution in [3.63, 3.8) is 0 Å². The summed E-state index contributed by atoms with van der Waals surface area (Å²) in [6.45, 7) is 8.83. The monoisotopic (exact) mass is 318 g/mol. The maximum absolute atomic E-state index is 6.85. The van der Waals surface area contributed by atoms with E-state index >= 15 is 0 Å². The highest BCUT2D eigenvalue weighted by Crippen LogP contribution is 2.22. The number of halogens is 2. The molecule has 102 valence electrons. The molecule has 0 amide bonds. The molecule has 0 aliphatic carbocycles. The van der Waals surface area contributed by atoms with Gasteiger partial charge in [0.15, 0.2) is 14.8 Å². The topological polar surface area (TPSA) is 0 Å². The third-order valence-corrected chi connectivity index (χ3v) is 15.8. The lowest BCUT2D eigenvalue weighted by atomic mass is 10.4. The summed E-state index contributed by atoms with van der Waals surface area (Å²) in [7, 11) is -3.55. The van der Waals surface area contributed by atoms with Crippen LogP contribution in [0, 0.1) is 0 Å². The molecule has 1 aromatic rings. The second-order valence-electron chi connectivity index (χ2n) is 4.93. The zero-order valence-corrected chi connectivity index (χ0v) is 15.4. The molecule has 0 aliphatic rings. The lowest BCUT2D eigenvalue weighted by molar-refractivity contribution is 1.30. The molecule has 0 aliphatic heterocycles. The van der Waals surface area contributed by atoms with Crippen molar-refractivity contribution in [1.29, 1.82) is 0 Å². The molecule has 0 aromatic heterocycles. The van der Waals surface area contributed by atoms with Crippen molar-refractivity contribution >= 4 is 47.3 Å². The van der Waals surface area contributed by atoms with Crippen LogP contribution in [0.15, 0.2) is 24.3 Å². The summed E-state index contributed by atoms with van der Waals surface area (Å²) < 4.78 is 0. The van der Waals surface area contributed by atoms with Gasteiger partial charge < -0.3 is 0 Å². The summed E-state index contributed by atoms with van der Waals surface area (Å²) >= 11 is 13.7. The van der Waals surface area contributed by atoms with E-state index in [-0.39, 0.29) is 0 Å². The van der Waals surface area contributed by atoms with Gasteiger partial charge in [0.1, 0.15) is 0 Å². The van der Waals surface area contributed by atoms with Crippen LogP contribution in [0.1, 0.15) is 27.7 Å². The molecule has 0 saturated heterocycles. The van der Waals surface area contributed by atoms with Gasteiger partial charge in [-0.1, -0.05) is 52.0 Å². The van der Waals surface area contributed by atoms with Gasteiger partial charge in [-0.05, 0) is 34.5 Å². The Bertz CT molecular complexity index is 352. The highest BCUT2D eigenvalue weighted by Gasteiger charge is 2.33. The number of hydrogen-bond donors (Lipinski definition) is 0. The molecule has 18 heavy (non-hydrogen) atoms. The van der Waals surface area contributed by atoms with Crippen molar-refractivity contribution in [3.8, 4) is 0 Å². The Labute approximate surface area is 123 Å². The molecular weight excluding hydrogens is 295 g/mol. The predicted molar refractivity (Wildman–Crippen MR) is 90.8 cm³/mol. The number of rotatable bonds is 6. The zero-order valence-electron chi connectivity index (χ0n) is 11.9. The highest BCUT2D eigenvalue weighted by molar-refractivity contribution is 7.29. The first kappa shape index (κ1) is 16.3. The van der Waals surface area contributed by atoms with Crippen LogP contribution in [0.2, 0.25) is 24.2 Å². The van der Waals surface area contributed by atoms with Gasteiger partial charge in [-0.25, -0.2) is 0 Å². The first-order chi connectivity index (χ1) is 8.45. The van der Waals surface area contributed by atoms with Gasteiger partial charge >= 0.3 is 0 Å². The molecule has 0 nitrogen and oxygen atoms in total. The summed E-state index contributed by atoms with van der Waals surface area (Å²) in [5.41, 5.74) is 0. The maximum atomic E-state index is 6.85. The number of hydrogen-bond acceptors (Lipinski definition) is 0. The Hall–Kier alpha value is 0.234. The Balaban J connectivity index is 3.21. The Morgan fingerprint density at radius 3 is 1.39 bits per heavy atom. The van der Waals surface area contributed by atoms with E-state index in [0.717, 1.165) is 24.2 Å². The van der Waals surface area contributed by atoms with E-state index in [2.05, 4.69) is 52.0 Å². The molecule has 0 bridgehead atoms. The molecule has 1 aromatic carbocycles. The van der Waals surface area contributed by atoms with Crippen molar-refractivity contribution < 1.29 is 0 Å². The third kappa shape index (κ3) is 3.21. The molecule has 4 heteroatoms. The Morgan fingerprint density at radius 2 is 1.11 bits per heavy atom. The third-order valence-electron chi connectivity index (χ3n) is 4.14. The largest absolute Gasteiger partial charge is 0.186 e. The quantitative estimate of drug-likeness (QED) is 0.533. The lowest BCUT2D eigenvalue weighted by Crippen LogP contribution is -2.47. The van der Waals surface area contributed by atoms with Crippen molar-refractivity contribution in [3.05, 3.63) is 24.3 Å². The molecule has 0 radical (unpaired) electrons. The fourth-order valence-electron chi connectivity index (χ4n) is 2.39. The van der Waals surface area contributed by atoms with Crippen LogP contribution in [0.5, 0.6) is 0 Å². The number of benzene rings is 1. The van der Waals surface area contributed by atoms with E-state index in [1.807, 2.05) is 0 Å². The van der Waals surface area contributed by atoms with Crippen LogP contribution >= 0.6 is 22.2 Å². The van der Waals surface area contributed by atoms with Crippen LogP contribution in [0.3, 0.4) is 0 Å². The zero-order chi connectivity index (χ0) is 13.8. The van der Waals surface area contributed by atoms with Crippen LogP contribution in [0.25, 0.3) is 0 Å². The minimum atomic E-state index is -1.77. The van der Waals surface area contributed by atoms with Gasteiger partial charge in [-0.3, -0.25) is 0 Å². The van der Waals surface area contributed by atoms with Crippen LogP contribution in [-0.4, -0.2) is 14.8 Å².